The van der Waals surface area contributed by atoms with E-state index in [9.17, 15) is 9.18 Å². The Kier molecular flexibility index (Phi) is 7.34. The number of carbonyl (C=O) groups excluding carboxylic acids is 1. The predicted octanol–water partition coefficient (Wildman–Crippen LogP) is 4.78. The Morgan fingerprint density at radius 2 is 1.95 bits per heavy atom. The highest BCUT2D eigenvalue weighted by Crippen LogP contribution is 2.43. The minimum atomic E-state index is -0.355. The summed E-state index contributed by atoms with van der Waals surface area (Å²) in [4.78, 5) is 18.9. The Bertz CT molecular complexity index is 1460. The van der Waals surface area contributed by atoms with E-state index < -0.39 is 0 Å². The maximum atomic E-state index is 14.2. The van der Waals surface area contributed by atoms with Gasteiger partial charge in [0.05, 0.1) is 24.5 Å². The summed E-state index contributed by atoms with van der Waals surface area (Å²) in [7, 11) is 2.99. The number of amides is 1. The summed E-state index contributed by atoms with van der Waals surface area (Å²) >= 11 is 5.84. The molecular weight excluding hydrogens is 505 g/mol. The van der Waals surface area contributed by atoms with E-state index in [0.29, 0.717) is 22.2 Å². The van der Waals surface area contributed by atoms with Gasteiger partial charge < -0.3 is 29.6 Å². The molecule has 0 aliphatic carbocycles. The predicted molar refractivity (Wildman–Crippen MR) is 147 cm³/mol. The van der Waals surface area contributed by atoms with E-state index in [-0.39, 0.29) is 30.4 Å². The molecule has 10 heteroatoms. The Balaban J connectivity index is 1.63. The fourth-order valence-electron chi connectivity index (χ4n) is 4.69. The lowest BCUT2D eigenvalue weighted by molar-refractivity contribution is -0.119. The Labute approximate surface area is 225 Å². The van der Waals surface area contributed by atoms with Crippen LogP contribution in [-0.2, 0) is 9.53 Å². The van der Waals surface area contributed by atoms with E-state index in [1.54, 1.807) is 18.3 Å². The normalized spacial score (nSPS) is 16.8. The summed E-state index contributed by atoms with van der Waals surface area (Å²) in [6.07, 6.45) is 3.63. The summed E-state index contributed by atoms with van der Waals surface area (Å²) in [6, 6.07) is 20.9. The second kappa shape index (κ2) is 11.0. The van der Waals surface area contributed by atoms with E-state index in [1.807, 2.05) is 64.2 Å². The third-order valence-electron chi connectivity index (χ3n) is 6.28. The molecular formula is C28H26FN5O3S. The van der Waals surface area contributed by atoms with E-state index in [1.165, 1.54) is 26.4 Å². The molecule has 2 aromatic heterocycles. The highest BCUT2D eigenvalue weighted by Gasteiger charge is 2.42. The number of pyridine rings is 1. The first-order valence-electron chi connectivity index (χ1n) is 11.9. The van der Waals surface area contributed by atoms with Crippen molar-refractivity contribution in [2.24, 2.45) is 0 Å². The molecule has 194 valence electrons. The number of halogens is 1. The molecule has 1 amide bonds. The number of aromatic nitrogens is 2. The largest absolute Gasteiger partial charge is 0.495 e. The van der Waals surface area contributed by atoms with E-state index in [0.717, 1.165) is 17.1 Å². The first-order chi connectivity index (χ1) is 18.5. The maximum absolute atomic E-state index is 14.2. The van der Waals surface area contributed by atoms with Crippen LogP contribution >= 0.6 is 12.2 Å². The van der Waals surface area contributed by atoms with Crippen molar-refractivity contribution >= 4 is 34.6 Å². The number of anilines is 2. The van der Waals surface area contributed by atoms with Gasteiger partial charge in [0, 0.05) is 36.6 Å². The van der Waals surface area contributed by atoms with Crippen molar-refractivity contribution in [1.82, 2.24) is 14.9 Å². The van der Waals surface area contributed by atoms with Crippen molar-refractivity contribution in [3.63, 3.8) is 0 Å². The van der Waals surface area contributed by atoms with Gasteiger partial charge in [0.1, 0.15) is 24.2 Å². The first-order valence-corrected chi connectivity index (χ1v) is 12.3. The van der Waals surface area contributed by atoms with Crippen LogP contribution in [0.15, 0.2) is 85.2 Å². The quantitative estimate of drug-likeness (QED) is 0.317. The Hall–Kier alpha value is -4.28. The summed E-state index contributed by atoms with van der Waals surface area (Å²) < 4.78 is 26.5. The number of hydrogen-bond donors (Lipinski definition) is 2. The lowest BCUT2D eigenvalue weighted by Gasteiger charge is -2.29. The zero-order valence-electron chi connectivity index (χ0n) is 20.8. The van der Waals surface area contributed by atoms with Crippen LogP contribution in [0.5, 0.6) is 5.75 Å². The van der Waals surface area contributed by atoms with E-state index >= 15 is 0 Å². The van der Waals surface area contributed by atoms with Gasteiger partial charge in [-0.15, -0.1) is 0 Å². The molecule has 1 aliphatic heterocycles. The number of ether oxygens (including phenoxy) is 2. The maximum Gasteiger partial charge on any atom is 0.250 e. The first kappa shape index (κ1) is 25.4. The van der Waals surface area contributed by atoms with Crippen LogP contribution in [0, 0.1) is 5.82 Å². The van der Waals surface area contributed by atoms with Gasteiger partial charge in [-0.3, -0.25) is 9.78 Å². The van der Waals surface area contributed by atoms with Gasteiger partial charge in [-0.1, -0.05) is 12.1 Å². The Morgan fingerprint density at radius 1 is 1.08 bits per heavy atom. The number of thiocarbonyl (C=S) groups is 1. The molecule has 1 fully saturated rings. The lowest BCUT2D eigenvalue weighted by atomic mass is 10.0. The molecule has 1 saturated heterocycles. The molecule has 0 spiro atoms. The molecule has 5 rings (SSSR count). The average molecular weight is 532 g/mol. The number of benzene rings is 2. The van der Waals surface area contributed by atoms with Crippen LogP contribution in [-0.4, -0.2) is 41.4 Å². The molecule has 3 heterocycles. The molecule has 8 nitrogen and oxygen atoms in total. The standard InChI is InChI=1S/C28H26FN5O3S/c1-36-17-25(35)31-22-16-20(11-12-24(22)37-2)34-27(26(32-28(34)38)21-9-3-4-13-30-21)23-10-6-14-33(23)19-8-5-7-18(29)15-19/h3-16,26-27H,17H2,1-2H3,(H,31,35)(H,32,38)/t26-,27-/m0/s1. The fourth-order valence-corrected chi connectivity index (χ4v) is 5.04. The highest BCUT2D eigenvalue weighted by molar-refractivity contribution is 7.80. The topological polar surface area (TPSA) is 80.7 Å². The van der Waals surface area contributed by atoms with Gasteiger partial charge in [-0.25, -0.2) is 4.39 Å². The van der Waals surface area contributed by atoms with Crippen molar-refractivity contribution in [2.75, 3.05) is 31.0 Å². The average Bonchev–Trinajstić information content (AvgIpc) is 3.53. The highest BCUT2D eigenvalue weighted by atomic mass is 32.1. The molecule has 0 bridgehead atoms. The number of carbonyl (C=O) groups is 1. The van der Waals surface area contributed by atoms with Crippen LogP contribution in [0.25, 0.3) is 5.69 Å². The van der Waals surface area contributed by atoms with Crippen LogP contribution in [0.4, 0.5) is 15.8 Å². The van der Waals surface area contributed by atoms with E-state index in [2.05, 4.69) is 15.6 Å². The lowest BCUT2D eigenvalue weighted by Crippen LogP contribution is -2.30. The van der Waals surface area contributed by atoms with Crippen LogP contribution in [0.2, 0.25) is 0 Å². The zero-order chi connectivity index (χ0) is 26.6. The van der Waals surface area contributed by atoms with Gasteiger partial charge in [0.25, 0.3) is 0 Å². The SMILES string of the molecule is COCC(=O)Nc1cc(N2C(=S)N[C@@H](c3ccccn3)[C@@H]2c2cccn2-c2cccc(F)c2)ccc1OC. The second-order valence-corrected chi connectivity index (χ2v) is 9.03. The molecule has 2 N–H and O–H groups in total. The Morgan fingerprint density at radius 3 is 2.68 bits per heavy atom. The molecule has 0 saturated carbocycles. The smallest absolute Gasteiger partial charge is 0.250 e. The summed E-state index contributed by atoms with van der Waals surface area (Å²) in [5.41, 5.74) is 3.57. The molecule has 4 aromatic rings. The van der Waals surface area contributed by atoms with Gasteiger partial charge in [-0.05, 0) is 72.9 Å². The van der Waals surface area contributed by atoms with Crippen molar-refractivity contribution in [3.05, 3.63) is 102 Å². The number of rotatable bonds is 8. The minimum Gasteiger partial charge on any atom is -0.495 e. The van der Waals surface area contributed by atoms with Crippen molar-refractivity contribution in [1.29, 1.82) is 0 Å². The molecule has 1 aliphatic rings. The summed E-state index contributed by atoms with van der Waals surface area (Å²) in [5, 5.41) is 6.75. The minimum absolute atomic E-state index is 0.0947. The summed E-state index contributed by atoms with van der Waals surface area (Å²) in [5.74, 6) is -0.142. The number of nitrogens with one attached hydrogen (secondary N) is 2. The second-order valence-electron chi connectivity index (χ2n) is 8.65. The van der Waals surface area contributed by atoms with Crippen LogP contribution in [0.1, 0.15) is 23.5 Å². The van der Waals surface area contributed by atoms with Gasteiger partial charge in [-0.2, -0.15) is 0 Å². The molecule has 2 atom stereocenters. The van der Waals surface area contributed by atoms with Crippen molar-refractivity contribution in [3.8, 4) is 11.4 Å². The third-order valence-corrected chi connectivity index (χ3v) is 6.59. The van der Waals surface area contributed by atoms with Crippen LogP contribution in [0.3, 0.4) is 0 Å². The number of nitrogens with zero attached hydrogens (tertiary/aromatic N) is 3. The van der Waals surface area contributed by atoms with Gasteiger partial charge in [0.2, 0.25) is 5.91 Å². The third kappa shape index (κ3) is 4.96. The van der Waals surface area contributed by atoms with Gasteiger partial charge in [0.15, 0.2) is 5.11 Å². The van der Waals surface area contributed by atoms with Gasteiger partial charge >= 0.3 is 0 Å². The zero-order valence-corrected chi connectivity index (χ0v) is 21.6. The van der Waals surface area contributed by atoms with Crippen molar-refractivity contribution < 1.29 is 18.7 Å². The summed E-state index contributed by atoms with van der Waals surface area (Å²) in [6.45, 7) is -0.0947. The fraction of sp³-hybridized carbons (Fsp3) is 0.179. The molecule has 38 heavy (non-hydrogen) atoms. The number of methoxy groups -OCH3 is 2. The molecule has 2 aromatic carbocycles. The molecule has 0 radical (unpaired) electrons. The number of hydrogen-bond acceptors (Lipinski definition) is 5. The van der Waals surface area contributed by atoms with Crippen LogP contribution < -0.4 is 20.3 Å². The van der Waals surface area contributed by atoms with Crippen molar-refractivity contribution in [2.45, 2.75) is 12.1 Å². The van der Waals surface area contributed by atoms with E-state index in [4.69, 9.17) is 21.7 Å². The monoisotopic (exact) mass is 531 g/mol. The molecule has 0 unspecified atom stereocenters.